The summed E-state index contributed by atoms with van der Waals surface area (Å²) in [6.07, 6.45) is 1.82. The second-order valence-corrected chi connectivity index (χ2v) is 5.86. The second-order valence-electron chi connectivity index (χ2n) is 5.86. The van der Waals surface area contributed by atoms with Gasteiger partial charge in [-0.05, 0) is 31.5 Å². The molecule has 1 aromatic rings. The molecule has 3 rings (SSSR count). The summed E-state index contributed by atoms with van der Waals surface area (Å²) in [5.74, 6) is -2.33. The summed E-state index contributed by atoms with van der Waals surface area (Å²) in [5.41, 5.74) is -0.523. The molecule has 24 heavy (non-hydrogen) atoms. The lowest BCUT2D eigenvalue weighted by Crippen LogP contribution is -2.54. The Hall–Kier alpha value is -1.73. The minimum Gasteiger partial charge on any atom is -0.338 e. The van der Waals surface area contributed by atoms with E-state index in [-0.39, 0.29) is 37.4 Å². The van der Waals surface area contributed by atoms with Crippen LogP contribution in [0.4, 0.5) is 8.78 Å². The number of hydrogen-bond acceptors (Lipinski definition) is 3. The number of nitrogens with zero attached hydrogens (tertiary/aromatic N) is 2. The van der Waals surface area contributed by atoms with Gasteiger partial charge in [0.05, 0.1) is 6.04 Å². The molecule has 2 saturated heterocycles. The Morgan fingerprint density at radius 2 is 1.62 bits per heavy atom. The quantitative estimate of drug-likeness (QED) is 0.869. The van der Waals surface area contributed by atoms with E-state index in [1.165, 1.54) is 11.0 Å². The van der Waals surface area contributed by atoms with E-state index < -0.39 is 23.1 Å². The minimum atomic E-state index is -0.858. The Morgan fingerprint density at radius 1 is 1.04 bits per heavy atom. The fraction of sp³-hybridized carbons (Fsp3) is 0.500. The molecule has 1 unspecified atom stereocenters. The molecule has 2 amide bonds. The van der Waals surface area contributed by atoms with Crippen LogP contribution in [-0.2, 0) is 4.79 Å². The van der Waals surface area contributed by atoms with Crippen molar-refractivity contribution in [1.82, 2.24) is 15.1 Å². The molecule has 0 aromatic heterocycles. The van der Waals surface area contributed by atoms with E-state index in [0.717, 1.165) is 31.5 Å². The van der Waals surface area contributed by atoms with Crippen LogP contribution < -0.4 is 5.32 Å². The zero-order valence-corrected chi connectivity index (χ0v) is 14.0. The highest BCUT2D eigenvalue weighted by Crippen LogP contribution is 2.17. The van der Waals surface area contributed by atoms with E-state index in [4.69, 9.17) is 0 Å². The summed E-state index contributed by atoms with van der Waals surface area (Å²) in [6.45, 7) is 2.19. The van der Waals surface area contributed by atoms with Gasteiger partial charge >= 0.3 is 0 Å². The van der Waals surface area contributed by atoms with Gasteiger partial charge in [0.25, 0.3) is 5.91 Å². The normalized spacial score (nSPS) is 20.7. The van der Waals surface area contributed by atoms with Crippen molar-refractivity contribution in [2.45, 2.75) is 18.9 Å². The first-order valence-corrected chi connectivity index (χ1v) is 7.83. The lowest BCUT2D eigenvalue weighted by atomic mass is 10.1. The summed E-state index contributed by atoms with van der Waals surface area (Å²) in [5, 5.41) is 3.16. The van der Waals surface area contributed by atoms with Gasteiger partial charge < -0.3 is 15.1 Å². The highest BCUT2D eigenvalue weighted by atomic mass is 35.5. The van der Waals surface area contributed by atoms with E-state index in [1.807, 2.05) is 0 Å². The number of piperazine rings is 1. The van der Waals surface area contributed by atoms with Gasteiger partial charge in [0, 0.05) is 26.2 Å². The fourth-order valence-corrected chi connectivity index (χ4v) is 3.11. The molecule has 8 heteroatoms. The van der Waals surface area contributed by atoms with Crippen LogP contribution in [0.2, 0.25) is 0 Å². The van der Waals surface area contributed by atoms with Crippen molar-refractivity contribution in [3.8, 4) is 0 Å². The van der Waals surface area contributed by atoms with E-state index in [1.54, 1.807) is 4.90 Å². The lowest BCUT2D eigenvalue weighted by Gasteiger charge is -2.36. The van der Waals surface area contributed by atoms with Crippen molar-refractivity contribution >= 4 is 24.2 Å². The number of nitrogens with one attached hydrogen (secondary N) is 1. The average molecular weight is 360 g/mol. The third-order valence-corrected chi connectivity index (χ3v) is 4.41. The Labute approximate surface area is 145 Å². The molecule has 0 spiro atoms. The van der Waals surface area contributed by atoms with Crippen molar-refractivity contribution in [2.75, 3.05) is 32.7 Å². The molecular weight excluding hydrogens is 340 g/mol. The van der Waals surface area contributed by atoms with Crippen LogP contribution in [0.25, 0.3) is 0 Å². The number of carbonyl (C=O) groups excluding carboxylic acids is 2. The number of halogens is 3. The van der Waals surface area contributed by atoms with E-state index in [2.05, 4.69) is 5.32 Å². The number of rotatable bonds is 2. The fourth-order valence-electron chi connectivity index (χ4n) is 3.11. The smallest absolute Gasteiger partial charge is 0.259 e. The van der Waals surface area contributed by atoms with Gasteiger partial charge in [-0.3, -0.25) is 9.59 Å². The molecule has 1 aromatic carbocycles. The standard InChI is InChI=1S/C16H19F2N3O2.ClH/c17-11-3-1-4-12(18)14(11)16(23)21-9-7-20(8-10-21)15(22)13-5-2-6-19-13;/h1,3-4,13,19H,2,5-10H2;1H. The average Bonchev–Trinajstić information content (AvgIpc) is 3.08. The summed E-state index contributed by atoms with van der Waals surface area (Å²) >= 11 is 0. The zero-order valence-electron chi connectivity index (χ0n) is 13.1. The first-order chi connectivity index (χ1) is 11.1. The zero-order chi connectivity index (χ0) is 16.4. The molecule has 0 radical (unpaired) electrons. The molecule has 0 bridgehead atoms. The third kappa shape index (κ3) is 3.67. The minimum absolute atomic E-state index is 0. The van der Waals surface area contributed by atoms with Crippen LogP contribution in [0.3, 0.4) is 0 Å². The van der Waals surface area contributed by atoms with E-state index in [0.29, 0.717) is 13.1 Å². The van der Waals surface area contributed by atoms with Crippen molar-refractivity contribution in [1.29, 1.82) is 0 Å². The van der Waals surface area contributed by atoms with Crippen molar-refractivity contribution in [3.63, 3.8) is 0 Å². The Kier molecular flexibility index (Phi) is 6.12. The molecule has 0 aliphatic carbocycles. The maximum Gasteiger partial charge on any atom is 0.259 e. The highest BCUT2D eigenvalue weighted by Gasteiger charge is 2.31. The SMILES string of the molecule is Cl.O=C(c1c(F)cccc1F)N1CCN(C(=O)C2CCCN2)CC1. The summed E-state index contributed by atoms with van der Waals surface area (Å²) < 4.78 is 27.4. The predicted molar refractivity (Wildman–Crippen MR) is 87.1 cm³/mol. The van der Waals surface area contributed by atoms with E-state index in [9.17, 15) is 18.4 Å². The first-order valence-electron chi connectivity index (χ1n) is 7.83. The van der Waals surface area contributed by atoms with Crippen LogP contribution in [0.1, 0.15) is 23.2 Å². The van der Waals surface area contributed by atoms with Crippen LogP contribution in [-0.4, -0.2) is 60.4 Å². The Balaban J connectivity index is 0.00000208. The molecule has 2 aliphatic rings. The Bertz CT molecular complexity index is 595. The maximum absolute atomic E-state index is 13.7. The van der Waals surface area contributed by atoms with Gasteiger partial charge in [-0.15, -0.1) is 12.4 Å². The molecule has 1 N–H and O–H groups in total. The van der Waals surface area contributed by atoms with Crippen molar-refractivity contribution < 1.29 is 18.4 Å². The van der Waals surface area contributed by atoms with Crippen LogP contribution in [0.15, 0.2) is 18.2 Å². The van der Waals surface area contributed by atoms with Gasteiger partial charge in [-0.25, -0.2) is 8.78 Å². The third-order valence-electron chi connectivity index (χ3n) is 4.41. The highest BCUT2D eigenvalue weighted by molar-refractivity contribution is 5.95. The molecule has 2 fully saturated rings. The Morgan fingerprint density at radius 3 is 2.17 bits per heavy atom. The van der Waals surface area contributed by atoms with Crippen molar-refractivity contribution in [2.24, 2.45) is 0 Å². The maximum atomic E-state index is 13.7. The molecule has 2 aliphatic heterocycles. The summed E-state index contributed by atoms with van der Waals surface area (Å²) in [6, 6.07) is 3.23. The molecule has 1 atom stereocenters. The lowest BCUT2D eigenvalue weighted by molar-refractivity contribution is -0.134. The molecule has 2 heterocycles. The van der Waals surface area contributed by atoms with Gasteiger partial charge in [0.1, 0.15) is 17.2 Å². The number of hydrogen-bond donors (Lipinski definition) is 1. The number of carbonyl (C=O) groups is 2. The molecule has 5 nitrogen and oxygen atoms in total. The molecule has 0 saturated carbocycles. The van der Waals surface area contributed by atoms with Crippen molar-refractivity contribution in [3.05, 3.63) is 35.4 Å². The summed E-state index contributed by atoms with van der Waals surface area (Å²) in [7, 11) is 0. The van der Waals surface area contributed by atoms with Gasteiger partial charge in [-0.2, -0.15) is 0 Å². The molecule has 132 valence electrons. The van der Waals surface area contributed by atoms with Gasteiger partial charge in [-0.1, -0.05) is 6.07 Å². The second kappa shape index (κ2) is 7.90. The van der Waals surface area contributed by atoms with Gasteiger partial charge in [0.15, 0.2) is 0 Å². The molecular formula is C16H20ClF2N3O2. The summed E-state index contributed by atoms with van der Waals surface area (Å²) in [4.78, 5) is 27.7. The van der Waals surface area contributed by atoms with Crippen LogP contribution >= 0.6 is 12.4 Å². The largest absolute Gasteiger partial charge is 0.338 e. The number of benzene rings is 1. The first kappa shape index (κ1) is 18.6. The number of amides is 2. The van der Waals surface area contributed by atoms with Crippen LogP contribution in [0, 0.1) is 11.6 Å². The van der Waals surface area contributed by atoms with Gasteiger partial charge in [0.2, 0.25) is 5.91 Å². The topological polar surface area (TPSA) is 52.7 Å². The predicted octanol–water partition coefficient (Wildman–Crippen LogP) is 1.42. The van der Waals surface area contributed by atoms with E-state index >= 15 is 0 Å². The monoisotopic (exact) mass is 359 g/mol. The van der Waals surface area contributed by atoms with Crippen LogP contribution in [0.5, 0.6) is 0 Å².